The number of hydrogen-bond acceptors (Lipinski definition) is 4. The third-order valence-electron chi connectivity index (χ3n) is 9.12. The summed E-state index contributed by atoms with van der Waals surface area (Å²) in [6.45, 7) is 3.87. The van der Waals surface area contributed by atoms with Gasteiger partial charge < -0.3 is 0 Å². The maximum absolute atomic E-state index is 13.2. The summed E-state index contributed by atoms with van der Waals surface area (Å²) in [5.74, 6) is -0.280. The van der Waals surface area contributed by atoms with Crippen molar-refractivity contribution in [2.24, 2.45) is 10.8 Å². The van der Waals surface area contributed by atoms with Crippen LogP contribution in [-0.2, 0) is 19.2 Å². The lowest BCUT2D eigenvalue weighted by atomic mass is 9.84. The molecule has 4 amide bonds. The first kappa shape index (κ1) is 23.1. The number of amides is 4. The molecule has 36 heavy (non-hydrogen) atoms. The molecule has 6 heteroatoms. The summed E-state index contributed by atoms with van der Waals surface area (Å²) in [5.41, 5.74) is 4.03. The van der Waals surface area contributed by atoms with Gasteiger partial charge in [-0.15, -0.1) is 0 Å². The van der Waals surface area contributed by atoms with E-state index in [-0.39, 0.29) is 23.6 Å². The fraction of sp³-hybridized carbons (Fsp3) is 0.467. The fourth-order valence-corrected chi connectivity index (χ4v) is 7.13. The van der Waals surface area contributed by atoms with Crippen LogP contribution in [-0.4, -0.2) is 23.6 Å². The zero-order valence-corrected chi connectivity index (χ0v) is 21.1. The molecule has 2 aromatic rings. The molecule has 0 radical (unpaired) electrons. The Morgan fingerprint density at radius 2 is 0.944 bits per heavy atom. The van der Waals surface area contributed by atoms with Crippen molar-refractivity contribution in [1.29, 1.82) is 0 Å². The van der Waals surface area contributed by atoms with Gasteiger partial charge in [0.15, 0.2) is 0 Å². The quantitative estimate of drug-likeness (QED) is 0.530. The number of rotatable bonds is 3. The van der Waals surface area contributed by atoms with Crippen molar-refractivity contribution < 1.29 is 19.2 Å². The molecular weight excluding hydrogens is 452 g/mol. The lowest BCUT2D eigenvalue weighted by Crippen LogP contribution is -2.34. The molecule has 2 aromatic carbocycles. The smallest absolute Gasteiger partial charge is 0.240 e. The van der Waals surface area contributed by atoms with Gasteiger partial charge in [0.2, 0.25) is 23.6 Å². The van der Waals surface area contributed by atoms with E-state index in [1.165, 1.54) is 9.80 Å². The van der Waals surface area contributed by atoms with Crippen molar-refractivity contribution in [3.05, 3.63) is 47.5 Å². The highest BCUT2D eigenvalue weighted by Gasteiger charge is 2.54. The van der Waals surface area contributed by atoms with Gasteiger partial charge in [-0.3, -0.25) is 19.2 Å². The van der Waals surface area contributed by atoms with Crippen molar-refractivity contribution >= 4 is 35.0 Å². The standard InChI is InChI=1S/C30H32N2O4/c1-19-15-21(7-9-23(19)31-25(33)17-29(27(31)35)11-3-4-12-29)22-8-10-24(20(2)16-22)32-26(34)18-30(28(32)36)13-5-6-14-30/h7-10,15-16H,3-6,11-14,17-18H2,1-2H3. The van der Waals surface area contributed by atoms with Crippen LogP contribution in [0.4, 0.5) is 11.4 Å². The highest BCUT2D eigenvalue weighted by atomic mass is 16.2. The van der Waals surface area contributed by atoms with Crippen molar-refractivity contribution in [2.45, 2.75) is 78.1 Å². The Morgan fingerprint density at radius 1 is 0.583 bits per heavy atom. The minimum absolute atomic E-state index is 0.0407. The molecule has 0 atom stereocenters. The average Bonchev–Trinajstić information content (AvgIpc) is 3.60. The van der Waals surface area contributed by atoms with Gasteiger partial charge in [-0.2, -0.15) is 0 Å². The lowest BCUT2D eigenvalue weighted by Gasteiger charge is -2.23. The number of nitrogens with zero attached hydrogens (tertiary/aromatic N) is 2. The lowest BCUT2D eigenvalue weighted by molar-refractivity contribution is -0.126. The molecular formula is C30H32N2O4. The first-order valence-electron chi connectivity index (χ1n) is 13.2. The number of imide groups is 2. The summed E-state index contributed by atoms with van der Waals surface area (Å²) in [7, 11) is 0. The normalized spacial score (nSPS) is 22.7. The maximum Gasteiger partial charge on any atom is 0.240 e. The summed E-state index contributed by atoms with van der Waals surface area (Å²) in [5, 5.41) is 0. The van der Waals surface area contributed by atoms with Crippen LogP contribution in [0.3, 0.4) is 0 Å². The molecule has 2 aliphatic carbocycles. The highest BCUT2D eigenvalue weighted by Crippen LogP contribution is 2.50. The van der Waals surface area contributed by atoms with Gasteiger partial charge in [0.25, 0.3) is 0 Å². The number of carbonyl (C=O) groups excluding carboxylic acids is 4. The minimum Gasteiger partial charge on any atom is -0.274 e. The van der Waals surface area contributed by atoms with Gasteiger partial charge in [-0.05, 0) is 86.1 Å². The first-order chi connectivity index (χ1) is 17.2. The molecule has 2 heterocycles. The van der Waals surface area contributed by atoms with Gasteiger partial charge in [0.05, 0.1) is 22.2 Å². The van der Waals surface area contributed by atoms with Crippen LogP contribution in [0.25, 0.3) is 11.1 Å². The van der Waals surface area contributed by atoms with Gasteiger partial charge in [0.1, 0.15) is 0 Å². The van der Waals surface area contributed by atoms with Crippen LogP contribution in [0.15, 0.2) is 36.4 Å². The molecule has 0 aromatic heterocycles. The molecule has 4 fully saturated rings. The van der Waals surface area contributed by atoms with Gasteiger partial charge >= 0.3 is 0 Å². The maximum atomic E-state index is 13.2. The van der Waals surface area contributed by atoms with Crippen molar-refractivity contribution in [3.8, 4) is 11.1 Å². The van der Waals surface area contributed by atoms with E-state index in [0.717, 1.165) is 73.6 Å². The predicted octanol–water partition coefficient (Wildman–Crippen LogP) is 5.62. The molecule has 6 nitrogen and oxygen atoms in total. The fourth-order valence-electron chi connectivity index (χ4n) is 7.13. The number of benzene rings is 2. The van der Waals surface area contributed by atoms with Crippen LogP contribution >= 0.6 is 0 Å². The van der Waals surface area contributed by atoms with Crippen LogP contribution in [0.2, 0.25) is 0 Å². The third-order valence-corrected chi connectivity index (χ3v) is 9.12. The Hall–Kier alpha value is -3.28. The Balaban J connectivity index is 1.28. The molecule has 0 bridgehead atoms. The summed E-state index contributed by atoms with van der Waals surface area (Å²) in [4.78, 5) is 55.0. The topological polar surface area (TPSA) is 74.8 Å². The van der Waals surface area contributed by atoms with E-state index in [4.69, 9.17) is 0 Å². The zero-order chi connectivity index (χ0) is 25.2. The molecule has 186 valence electrons. The average molecular weight is 485 g/mol. The number of anilines is 2. The van der Waals surface area contributed by atoms with E-state index < -0.39 is 10.8 Å². The number of hydrogen-bond donors (Lipinski definition) is 0. The van der Waals surface area contributed by atoms with Gasteiger partial charge in [-0.1, -0.05) is 37.8 Å². The van der Waals surface area contributed by atoms with Crippen LogP contribution in [0, 0.1) is 24.7 Å². The largest absolute Gasteiger partial charge is 0.274 e. The molecule has 2 spiro atoms. The second-order valence-corrected chi connectivity index (χ2v) is 11.4. The Morgan fingerprint density at radius 3 is 1.28 bits per heavy atom. The second-order valence-electron chi connectivity index (χ2n) is 11.4. The van der Waals surface area contributed by atoms with E-state index in [0.29, 0.717) is 24.2 Å². The Labute approximate surface area is 211 Å². The predicted molar refractivity (Wildman–Crippen MR) is 137 cm³/mol. The van der Waals surface area contributed by atoms with Gasteiger partial charge in [0, 0.05) is 12.8 Å². The Kier molecular flexibility index (Phi) is 5.22. The summed E-state index contributed by atoms with van der Waals surface area (Å²) < 4.78 is 0. The van der Waals surface area contributed by atoms with Crippen LogP contribution in [0.5, 0.6) is 0 Å². The summed E-state index contributed by atoms with van der Waals surface area (Å²) >= 11 is 0. The molecule has 0 unspecified atom stereocenters. The van der Waals surface area contributed by atoms with E-state index in [9.17, 15) is 19.2 Å². The molecule has 2 aliphatic heterocycles. The van der Waals surface area contributed by atoms with E-state index in [1.54, 1.807) is 0 Å². The monoisotopic (exact) mass is 484 g/mol. The van der Waals surface area contributed by atoms with Gasteiger partial charge in [-0.25, -0.2) is 9.80 Å². The van der Waals surface area contributed by atoms with Crippen molar-refractivity contribution in [1.82, 2.24) is 0 Å². The third kappa shape index (κ3) is 3.30. The van der Waals surface area contributed by atoms with E-state index in [1.807, 2.05) is 50.2 Å². The number of carbonyl (C=O) groups is 4. The summed E-state index contributed by atoms with van der Waals surface area (Å²) in [6, 6.07) is 11.6. The molecule has 6 rings (SSSR count). The van der Waals surface area contributed by atoms with Crippen LogP contribution in [0.1, 0.15) is 75.3 Å². The first-order valence-corrected chi connectivity index (χ1v) is 13.2. The Bertz CT molecular complexity index is 1210. The second kappa shape index (κ2) is 8.12. The van der Waals surface area contributed by atoms with Crippen molar-refractivity contribution in [3.63, 3.8) is 0 Å². The molecule has 2 saturated carbocycles. The molecule has 4 aliphatic rings. The zero-order valence-electron chi connectivity index (χ0n) is 21.1. The summed E-state index contributed by atoms with van der Waals surface area (Å²) in [6.07, 6.45) is 7.91. The van der Waals surface area contributed by atoms with Crippen molar-refractivity contribution in [2.75, 3.05) is 9.80 Å². The van der Waals surface area contributed by atoms with E-state index >= 15 is 0 Å². The number of aryl methyl sites for hydroxylation is 2. The molecule has 2 saturated heterocycles. The minimum atomic E-state index is -0.489. The SMILES string of the molecule is Cc1cc(-c2ccc(N3C(=O)CC4(CCCC4)C3=O)c(C)c2)ccc1N1C(=O)CC2(CCCC2)C1=O. The molecule has 0 N–H and O–H groups in total. The van der Waals surface area contributed by atoms with E-state index in [2.05, 4.69) is 0 Å². The highest BCUT2D eigenvalue weighted by molar-refractivity contribution is 6.24. The van der Waals surface area contributed by atoms with Crippen LogP contribution < -0.4 is 9.80 Å².